The van der Waals surface area contributed by atoms with E-state index in [1.54, 1.807) is 6.20 Å². The van der Waals surface area contributed by atoms with Gasteiger partial charge in [-0.15, -0.1) is 0 Å². The predicted molar refractivity (Wildman–Crippen MR) is 230 cm³/mol. The van der Waals surface area contributed by atoms with Crippen molar-refractivity contribution in [2.24, 2.45) is 0 Å². The van der Waals surface area contributed by atoms with Crippen LogP contribution in [0.2, 0.25) is 0 Å². The summed E-state index contributed by atoms with van der Waals surface area (Å²) in [6.07, 6.45) is 3.68. The van der Waals surface area contributed by atoms with Gasteiger partial charge < -0.3 is 0 Å². The van der Waals surface area contributed by atoms with Crippen molar-refractivity contribution in [2.75, 3.05) is 0 Å². The molecule has 8 aromatic carbocycles. The normalized spacial score (nSPS) is 11.6. The van der Waals surface area contributed by atoms with Crippen LogP contribution in [-0.2, 0) is 0 Å². The van der Waals surface area contributed by atoms with E-state index in [-0.39, 0.29) is 0 Å². The van der Waals surface area contributed by atoms with Gasteiger partial charge >= 0.3 is 0 Å². The highest BCUT2D eigenvalue weighted by Gasteiger charge is 2.31. The molecule has 0 spiro atoms. The minimum absolute atomic E-state index is 0.615. The smallest absolute Gasteiger partial charge is 0.164 e. The van der Waals surface area contributed by atoms with E-state index in [0.29, 0.717) is 17.5 Å². The molecule has 56 heavy (non-hydrogen) atoms. The molecule has 0 amide bonds. The van der Waals surface area contributed by atoms with Crippen molar-refractivity contribution in [1.82, 2.24) is 19.9 Å². The first-order valence-electron chi connectivity index (χ1n) is 18.9. The number of pyridine rings is 1. The highest BCUT2D eigenvalue weighted by Crippen LogP contribution is 2.58. The number of hydrogen-bond donors (Lipinski definition) is 0. The summed E-state index contributed by atoms with van der Waals surface area (Å²) >= 11 is 0. The Morgan fingerprint density at radius 1 is 0.268 bits per heavy atom. The molecule has 1 aliphatic rings. The van der Waals surface area contributed by atoms with Crippen LogP contribution >= 0.6 is 0 Å². The van der Waals surface area contributed by atoms with E-state index in [0.717, 1.165) is 33.2 Å². The van der Waals surface area contributed by atoms with E-state index in [4.69, 9.17) is 15.0 Å². The van der Waals surface area contributed by atoms with Crippen LogP contribution in [0.15, 0.2) is 194 Å². The Balaban J connectivity index is 1.21. The molecular formula is C52H32N4. The van der Waals surface area contributed by atoms with Crippen LogP contribution in [0.1, 0.15) is 0 Å². The fourth-order valence-electron chi connectivity index (χ4n) is 8.59. The second kappa shape index (κ2) is 13.1. The Morgan fingerprint density at radius 3 is 1.36 bits per heavy atom. The summed E-state index contributed by atoms with van der Waals surface area (Å²) in [6.45, 7) is 0. The minimum atomic E-state index is 0.615. The second-order valence-corrected chi connectivity index (χ2v) is 14.1. The number of aromatic nitrogens is 4. The minimum Gasteiger partial charge on any atom is -0.264 e. The Labute approximate surface area is 324 Å². The molecule has 1 aliphatic carbocycles. The van der Waals surface area contributed by atoms with Crippen molar-refractivity contribution in [3.05, 3.63) is 194 Å². The first-order valence-corrected chi connectivity index (χ1v) is 18.9. The number of hydrogen-bond acceptors (Lipinski definition) is 4. The summed E-state index contributed by atoms with van der Waals surface area (Å²) in [7, 11) is 0. The molecule has 0 saturated carbocycles. The largest absolute Gasteiger partial charge is 0.264 e. The third-order valence-electron chi connectivity index (χ3n) is 11.0. The maximum absolute atomic E-state index is 5.30. The molecule has 0 bridgehead atoms. The zero-order valence-electron chi connectivity index (χ0n) is 30.3. The third-order valence-corrected chi connectivity index (χ3v) is 11.0. The van der Waals surface area contributed by atoms with Gasteiger partial charge in [-0.25, -0.2) is 15.0 Å². The monoisotopic (exact) mass is 712 g/mol. The van der Waals surface area contributed by atoms with Gasteiger partial charge in [-0.2, -0.15) is 0 Å². The topological polar surface area (TPSA) is 51.6 Å². The van der Waals surface area contributed by atoms with Crippen LogP contribution in [0.4, 0.5) is 0 Å². The molecule has 0 atom stereocenters. The molecule has 0 fully saturated rings. The molecule has 0 saturated heterocycles. The summed E-state index contributed by atoms with van der Waals surface area (Å²) in [5.74, 6) is 1.87. The molecule has 260 valence electrons. The number of benzene rings is 8. The Bertz CT molecular complexity index is 3010. The van der Waals surface area contributed by atoms with Crippen LogP contribution < -0.4 is 0 Å². The highest BCUT2D eigenvalue weighted by molar-refractivity contribution is 6.28. The lowest BCUT2D eigenvalue weighted by molar-refractivity contribution is 1.08. The number of rotatable bonds is 6. The lowest BCUT2D eigenvalue weighted by Gasteiger charge is -2.20. The number of nitrogens with zero attached hydrogens (tertiary/aromatic N) is 4. The fourth-order valence-corrected chi connectivity index (χ4v) is 8.59. The van der Waals surface area contributed by atoms with Crippen LogP contribution in [0.3, 0.4) is 0 Å². The molecule has 0 radical (unpaired) electrons. The first-order chi connectivity index (χ1) is 27.8. The Kier molecular flexibility index (Phi) is 7.46. The Hall–Kier alpha value is -7.56. The summed E-state index contributed by atoms with van der Waals surface area (Å²) in [4.78, 5) is 20.1. The molecule has 4 nitrogen and oxygen atoms in total. The molecule has 2 heterocycles. The third kappa shape index (κ3) is 5.08. The van der Waals surface area contributed by atoms with Gasteiger partial charge in [0.05, 0.1) is 0 Å². The first kappa shape index (κ1) is 31.9. The van der Waals surface area contributed by atoms with Gasteiger partial charge in [-0.3, -0.25) is 4.98 Å². The lowest BCUT2D eigenvalue weighted by atomic mass is 9.82. The van der Waals surface area contributed by atoms with Crippen LogP contribution in [0.25, 0.3) is 111 Å². The van der Waals surface area contributed by atoms with Gasteiger partial charge in [-0.1, -0.05) is 170 Å². The average molecular weight is 713 g/mol. The van der Waals surface area contributed by atoms with E-state index in [9.17, 15) is 0 Å². The molecule has 10 aromatic rings. The van der Waals surface area contributed by atoms with E-state index in [1.807, 2.05) is 42.6 Å². The Morgan fingerprint density at radius 2 is 0.732 bits per heavy atom. The van der Waals surface area contributed by atoms with Crippen LogP contribution in [0, 0.1) is 0 Å². The average Bonchev–Trinajstić information content (AvgIpc) is 3.61. The summed E-state index contributed by atoms with van der Waals surface area (Å²) in [5.41, 5.74) is 14.7. The molecule has 4 heteroatoms. The van der Waals surface area contributed by atoms with Gasteiger partial charge in [0.15, 0.2) is 17.5 Å². The second-order valence-electron chi connectivity index (χ2n) is 14.1. The molecule has 0 unspecified atom stereocenters. The molecule has 0 aliphatic heterocycles. The van der Waals surface area contributed by atoms with E-state index >= 15 is 0 Å². The SMILES string of the molecule is c1ccc(-c2nc(-c3ccccc3-c3cccnc3)nc(-c3ccc4c5c(cccc35)-c3c-4c(-c4ccccc4)c4ccccc4c3-c3ccccc3)n2)cc1. The van der Waals surface area contributed by atoms with E-state index in [1.165, 1.54) is 60.7 Å². The molecule has 0 N–H and O–H groups in total. The molecule has 11 rings (SSSR count). The quantitative estimate of drug-likeness (QED) is 0.172. The van der Waals surface area contributed by atoms with E-state index < -0.39 is 0 Å². The van der Waals surface area contributed by atoms with E-state index in [2.05, 4.69) is 151 Å². The van der Waals surface area contributed by atoms with Gasteiger partial charge in [0, 0.05) is 34.6 Å². The van der Waals surface area contributed by atoms with Crippen molar-refractivity contribution in [1.29, 1.82) is 0 Å². The van der Waals surface area contributed by atoms with Gasteiger partial charge in [0.2, 0.25) is 0 Å². The summed E-state index contributed by atoms with van der Waals surface area (Å²) in [5, 5.41) is 4.80. The fraction of sp³-hybridized carbons (Fsp3) is 0. The van der Waals surface area contributed by atoms with Crippen molar-refractivity contribution in [2.45, 2.75) is 0 Å². The van der Waals surface area contributed by atoms with Crippen LogP contribution in [0.5, 0.6) is 0 Å². The van der Waals surface area contributed by atoms with Crippen molar-refractivity contribution in [3.63, 3.8) is 0 Å². The van der Waals surface area contributed by atoms with Crippen molar-refractivity contribution in [3.8, 4) is 89.8 Å². The molecular weight excluding hydrogens is 681 g/mol. The van der Waals surface area contributed by atoms with Crippen molar-refractivity contribution >= 4 is 21.5 Å². The summed E-state index contributed by atoms with van der Waals surface area (Å²) in [6, 6.07) is 64.2. The number of fused-ring (bicyclic) bond motifs is 4. The maximum atomic E-state index is 5.30. The van der Waals surface area contributed by atoms with Crippen LogP contribution in [-0.4, -0.2) is 19.9 Å². The molecule has 2 aromatic heterocycles. The zero-order valence-corrected chi connectivity index (χ0v) is 30.3. The van der Waals surface area contributed by atoms with Gasteiger partial charge in [0.25, 0.3) is 0 Å². The summed E-state index contributed by atoms with van der Waals surface area (Å²) < 4.78 is 0. The van der Waals surface area contributed by atoms with Gasteiger partial charge in [-0.05, 0) is 83.7 Å². The maximum Gasteiger partial charge on any atom is 0.164 e. The standard InChI is InChI=1S/C52H32N4/c1-4-16-33(17-5-1)45-38-24-11-12-25-39(38)46(34-18-6-2-7-19-34)49-44-30-29-42(40-27-14-28-43(47(40)44)48(45)49)52-55-50(35-20-8-3-9-21-35)54-51(56-52)41-26-13-10-23-37(41)36-22-15-31-53-32-36/h1-32H. The zero-order chi connectivity index (χ0) is 37.0. The van der Waals surface area contributed by atoms with Crippen molar-refractivity contribution < 1.29 is 0 Å². The highest BCUT2D eigenvalue weighted by atomic mass is 15.0. The predicted octanol–water partition coefficient (Wildman–Crippen LogP) is 13.2. The van der Waals surface area contributed by atoms with Gasteiger partial charge in [0.1, 0.15) is 0 Å². The lowest BCUT2D eigenvalue weighted by Crippen LogP contribution is -2.01.